The number of rotatable bonds is 6. The molecule has 2 atom stereocenters. The number of nitrogens with zero attached hydrogens (tertiary/aromatic N) is 3. The summed E-state index contributed by atoms with van der Waals surface area (Å²) in [5, 5.41) is 8.98. The number of likely N-dealkylation sites (N-methyl/N-ethyl adjacent to an activating group) is 1. The van der Waals surface area contributed by atoms with E-state index in [1.165, 1.54) is 0 Å². The number of aliphatic carboxylic acids is 1. The highest BCUT2D eigenvalue weighted by Gasteiger charge is 2.37. The van der Waals surface area contributed by atoms with E-state index < -0.39 is 5.97 Å². The van der Waals surface area contributed by atoms with Crippen LogP contribution in [0.25, 0.3) is 0 Å². The van der Waals surface area contributed by atoms with E-state index in [9.17, 15) is 14.4 Å². The number of hydrogen-bond acceptors (Lipinski definition) is 4. The zero-order valence-electron chi connectivity index (χ0n) is 16.4. The minimum absolute atomic E-state index is 0.0180. The number of hydrogen-bond donors (Lipinski definition) is 1. The molecular formula is C21H29N3O4. The Labute approximate surface area is 165 Å². The number of benzene rings is 1. The van der Waals surface area contributed by atoms with E-state index in [1.54, 1.807) is 4.90 Å². The third-order valence-electron chi connectivity index (χ3n) is 5.80. The molecule has 1 aromatic carbocycles. The van der Waals surface area contributed by atoms with E-state index in [4.69, 9.17) is 5.11 Å². The van der Waals surface area contributed by atoms with Crippen LogP contribution in [-0.2, 0) is 20.9 Å². The molecule has 2 heterocycles. The predicted octanol–water partition coefficient (Wildman–Crippen LogP) is 1.43. The van der Waals surface area contributed by atoms with Gasteiger partial charge in [-0.1, -0.05) is 30.3 Å². The SMILES string of the molecule is CN(CC(=O)O)[C@@H]1CCCN(C(=O)[C@H]2CC(=O)N(Cc3ccccc3)C2)CC1. The molecule has 0 aliphatic carbocycles. The smallest absolute Gasteiger partial charge is 0.317 e. The van der Waals surface area contributed by atoms with Gasteiger partial charge >= 0.3 is 5.97 Å². The second-order valence-corrected chi connectivity index (χ2v) is 7.88. The number of amides is 2. The molecule has 152 valence electrons. The molecule has 2 aliphatic heterocycles. The first-order valence-corrected chi connectivity index (χ1v) is 9.96. The lowest BCUT2D eigenvalue weighted by Crippen LogP contribution is -2.39. The quantitative estimate of drug-likeness (QED) is 0.799. The van der Waals surface area contributed by atoms with Crippen molar-refractivity contribution in [3.8, 4) is 0 Å². The molecule has 2 saturated heterocycles. The predicted molar refractivity (Wildman–Crippen MR) is 104 cm³/mol. The molecule has 28 heavy (non-hydrogen) atoms. The summed E-state index contributed by atoms with van der Waals surface area (Å²) in [6.45, 7) is 2.34. The second-order valence-electron chi connectivity index (χ2n) is 7.88. The van der Waals surface area contributed by atoms with Crippen molar-refractivity contribution < 1.29 is 19.5 Å². The monoisotopic (exact) mass is 387 g/mol. The van der Waals surface area contributed by atoms with Gasteiger partial charge in [-0.2, -0.15) is 0 Å². The molecule has 0 spiro atoms. The first-order chi connectivity index (χ1) is 13.4. The van der Waals surface area contributed by atoms with Crippen LogP contribution in [-0.4, -0.2) is 76.9 Å². The van der Waals surface area contributed by atoms with Gasteiger partial charge in [-0.05, 0) is 31.9 Å². The molecule has 2 fully saturated rings. The summed E-state index contributed by atoms with van der Waals surface area (Å²) >= 11 is 0. The van der Waals surface area contributed by atoms with Crippen LogP contribution in [0.1, 0.15) is 31.2 Å². The Morgan fingerprint density at radius 1 is 1.18 bits per heavy atom. The highest BCUT2D eigenvalue weighted by atomic mass is 16.4. The summed E-state index contributed by atoms with van der Waals surface area (Å²) in [6, 6.07) is 10.0. The molecule has 0 radical (unpaired) electrons. The van der Waals surface area contributed by atoms with Crippen molar-refractivity contribution in [2.75, 3.05) is 33.2 Å². The lowest BCUT2D eigenvalue weighted by molar-refractivity contribution is -0.139. The van der Waals surface area contributed by atoms with E-state index in [2.05, 4.69) is 0 Å². The molecule has 1 N–H and O–H groups in total. The van der Waals surface area contributed by atoms with Crippen LogP contribution in [0.2, 0.25) is 0 Å². The van der Waals surface area contributed by atoms with Crippen LogP contribution in [0, 0.1) is 5.92 Å². The van der Waals surface area contributed by atoms with Crippen molar-refractivity contribution in [3.63, 3.8) is 0 Å². The number of likely N-dealkylation sites (tertiary alicyclic amines) is 2. The third-order valence-corrected chi connectivity index (χ3v) is 5.80. The summed E-state index contributed by atoms with van der Waals surface area (Å²) in [4.78, 5) is 41.8. The van der Waals surface area contributed by atoms with Gasteiger partial charge < -0.3 is 14.9 Å². The molecule has 0 bridgehead atoms. The maximum absolute atomic E-state index is 13.0. The maximum Gasteiger partial charge on any atom is 0.317 e. The van der Waals surface area contributed by atoms with Gasteiger partial charge in [0.05, 0.1) is 12.5 Å². The Morgan fingerprint density at radius 3 is 2.64 bits per heavy atom. The number of carbonyl (C=O) groups is 3. The van der Waals surface area contributed by atoms with Gasteiger partial charge in [0, 0.05) is 38.6 Å². The van der Waals surface area contributed by atoms with Crippen LogP contribution in [0.4, 0.5) is 0 Å². The molecule has 0 saturated carbocycles. The number of carboxylic acids is 1. The molecule has 0 aromatic heterocycles. The Kier molecular flexibility index (Phi) is 6.67. The first kappa shape index (κ1) is 20.3. The molecule has 1 aromatic rings. The molecule has 2 aliphatic rings. The minimum Gasteiger partial charge on any atom is -0.480 e. The normalized spacial score (nSPS) is 23.1. The summed E-state index contributed by atoms with van der Waals surface area (Å²) in [7, 11) is 1.83. The van der Waals surface area contributed by atoms with Gasteiger partial charge in [0.1, 0.15) is 0 Å². The fraction of sp³-hybridized carbons (Fsp3) is 0.571. The van der Waals surface area contributed by atoms with E-state index in [0.29, 0.717) is 26.2 Å². The van der Waals surface area contributed by atoms with Gasteiger partial charge in [0.15, 0.2) is 0 Å². The van der Waals surface area contributed by atoms with Gasteiger partial charge in [-0.3, -0.25) is 19.3 Å². The largest absolute Gasteiger partial charge is 0.480 e. The van der Waals surface area contributed by atoms with Crippen LogP contribution in [0.15, 0.2) is 30.3 Å². The van der Waals surface area contributed by atoms with Crippen LogP contribution >= 0.6 is 0 Å². The zero-order valence-corrected chi connectivity index (χ0v) is 16.4. The van der Waals surface area contributed by atoms with Crippen LogP contribution in [0.5, 0.6) is 0 Å². The Bertz CT molecular complexity index is 709. The second kappa shape index (κ2) is 9.19. The Hall–Kier alpha value is -2.41. The minimum atomic E-state index is -0.831. The molecular weight excluding hydrogens is 358 g/mol. The third kappa shape index (κ3) is 5.10. The Morgan fingerprint density at radius 2 is 1.93 bits per heavy atom. The van der Waals surface area contributed by atoms with E-state index in [1.807, 2.05) is 47.2 Å². The molecule has 2 amide bonds. The first-order valence-electron chi connectivity index (χ1n) is 9.96. The summed E-state index contributed by atoms with van der Waals surface area (Å²) in [5.41, 5.74) is 1.07. The van der Waals surface area contributed by atoms with Crippen molar-refractivity contribution in [1.82, 2.24) is 14.7 Å². The summed E-state index contributed by atoms with van der Waals surface area (Å²) < 4.78 is 0. The molecule has 0 unspecified atom stereocenters. The molecule has 7 nitrogen and oxygen atoms in total. The van der Waals surface area contributed by atoms with Crippen molar-refractivity contribution >= 4 is 17.8 Å². The number of carboxylic acid groups (broad SMARTS) is 1. The average molecular weight is 387 g/mol. The van der Waals surface area contributed by atoms with Gasteiger partial charge in [-0.25, -0.2) is 0 Å². The van der Waals surface area contributed by atoms with E-state index >= 15 is 0 Å². The average Bonchev–Trinajstić information content (AvgIpc) is 2.88. The maximum atomic E-state index is 13.0. The van der Waals surface area contributed by atoms with E-state index in [-0.39, 0.29) is 36.7 Å². The fourth-order valence-electron chi connectivity index (χ4n) is 4.23. The van der Waals surface area contributed by atoms with Crippen molar-refractivity contribution in [2.45, 2.75) is 38.3 Å². The summed E-state index contributed by atoms with van der Waals surface area (Å²) in [6.07, 6.45) is 2.79. The molecule has 3 rings (SSSR count). The van der Waals surface area contributed by atoms with Gasteiger partial charge in [0.2, 0.25) is 11.8 Å². The van der Waals surface area contributed by atoms with Crippen molar-refractivity contribution in [3.05, 3.63) is 35.9 Å². The highest BCUT2D eigenvalue weighted by Crippen LogP contribution is 2.24. The van der Waals surface area contributed by atoms with Crippen molar-refractivity contribution in [2.24, 2.45) is 5.92 Å². The zero-order chi connectivity index (χ0) is 20.1. The highest BCUT2D eigenvalue weighted by molar-refractivity contribution is 5.89. The Balaban J connectivity index is 1.54. The van der Waals surface area contributed by atoms with Crippen molar-refractivity contribution in [1.29, 1.82) is 0 Å². The summed E-state index contributed by atoms with van der Waals surface area (Å²) in [5.74, 6) is -1.01. The van der Waals surface area contributed by atoms with Gasteiger partial charge in [0.25, 0.3) is 0 Å². The lowest BCUT2D eigenvalue weighted by atomic mass is 10.1. The van der Waals surface area contributed by atoms with Crippen LogP contribution in [0.3, 0.4) is 0 Å². The topological polar surface area (TPSA) is 81.2 Å². The molecule has 7 heteroatoms. The fourth-order valence-corrected chi connectivity index (χ4v) is 4.23. The van der Waals surface area contributed by atoms with Crippen LogP contribution < -0.4 is 0 Å². The lowest BCUT2D eigenvalue weighted by Gasteiger charge is -2.26. The standard InChI is InChI=1S/C21H29N3O4/c1-22(15-20(26)27)18-8-5-10-23(11-9-18)21(28)17-12-19(25)24(14-17)13-16-6-3-2-4-7-16/h2-4,6-7,17-18H,5,8-15H2,1H3,(H,26,27)/t17-,18+/m0/s1. The van der Waals surface area contributed by atoms with E-state index in [0.717, 1.165) is 24.8 Å². The van der Waals surface area contributed by atoms with Gasteiger partial charge in [-0.15, -0.1) is 0 Å². The number of carbonyl (C=O) groups excluding carboxylic acids is 2.